The Balaban J connectivity index is 2.50. The van der Waals surface area contributed by atoms with Gasteiger partial charge < -0.3 is 10.4 Å². The van der Waals surface area contributed by atoms with E-state index in [9.17, 15) is 9.59 Å². The van der Waals surface area contributed by atoms with Crippen LogP contribution in [0.25, 0.3) is 0 Å². The molecule has 1 atom stereocenters. The molecule has 2 N–H and O–H groups in total. The fourth-order valence-electron chi connectivity index (χ4n) is 1.34. The van der Waals surface area contributed by atoms with Gasteiger partial charge in [-0.25, -0.2) is 0 Å². The molecule has 0 aromatic heterocycles. The maximum Gasteiger partial charge on any atom is 0.305 e. The number of hydrogen-bond acceptors (Lipinski definition) is 2. The van der Waals surface area contributed by atoms with Crippen LogP contribution < -0.4 is 5.32 Å². The minimum Gasteiger partial charge on any atom is -0.481 e. The van der Waals surface area contributed by atoms with Crippen molar-refractivity contribution in [2.45, 2.75) is 45.1 Å². The van der Waals surface area contributed by atoms with Gasteiger partial charge in [0.2, 0.25) is 5.91 Å². The van der Waals surface area contributed by atoms with Gasteiger partial charge in [-0.05, 0) is 26.2 Å². The molecule has 80 valence electrons. The zero-order valence-electron chi connectivity index (χ0n) is 8.67. The van der Waals surface area contributed by atoms with E-state index in [0.717, 1.165) is 12.8 Å². The first-order valence-corrected chi connectivity index (χ1v) is 5.00. The molecule has 1 aliphatic rings. The zero-order chi connectivity index (χ0) is 10.8. The lowest BCUT2D eigenvalue weighted by atomic mass is 9.94. The summed E-state index contributed by atoms with van der Waals surface area (Å²) < 4.78 is 0. The van der Waals surface area contributed by atoms with E-state index in [2.05, 4.69) is 5.32 Å². The second-order valence-electron chi connectivity index (χ2n) is 4.25. The zero-order valence-corrected chi connectivity index (χ0v) is 8.67. The number of carboxylic acids is 1. The maximum atomic E-state index is 11.5. The molecule has 14 heavy (non-hydrogen) atoms. The van der Waals surface area contributed by atoms with Gasteiger partial charge in [0.25, 0.3) is 0 Å². The number of carbonyl (C=O) groups excluding carboxylic acids is 1. The fourth-order valence-corrected chi connectivity index (χ4v) is 1.34. The monoisotopic (exact) mass is 199 g/mol. The van der Waals surface area contributed by atoms with Crippen LogP contribution in [-0.2, 0) is 9.59 Å². The third-order valence-electron chi connectivity index (χ3n) is 2.69. The van der Waals surface area contributed by atoms with E-state index in [4.69, 9.17) is 5.11 Å². The van der Waals surface area contributed by atoms with E-state index in [0.29, 0.717) is 6.42 Å². The normalized spacial score (nSPS) is 19.9. The largest absolute Gasteiger partial charge is 0.481 e. The standard InChI is InChI=1S/C10H17NO3/c1-3-10(2,6-8(12)13)11-9(14)7-4-5-7/h7H,3-6H2,1-2H3,(H,11,14)(H,12,13). The summed E-state index contributed by atoms with van der Waals surface area (Å²) in [5.74, 6) is -0.726. The molecule has 0 aromatic carbocycles. The van der Waals surface area contributed by atoms with Crippen LogP contribution in [0.5, 0.6) is 0 Å². The van der Waals surface area contributed by atoms with E-state index in [1.807, 2.05) is 6.92 Å². The molecular weight excluding hydrogens is 182 g/mol. The molecule has 0 aliphatic heterocycles. The van der Waals surface area contributed by atoms with E-state index in [1.54, 1.807) is 6.92 Å². The minimum absolute atomic E-state index is 0.00981. The summed E-state index contributed by atoms with van der Waals surface area (Å²) in [7, 11) is 0. The van der Waals surface area contributed by atoms with E-state index in [1.165, 1.54) is 0 Å². The molecule has 0 aromatic rings. The highest BCUT2D eigenvalue weighted by molar-refractivity contribution is 5.82. The molecule has 0 radical (unpaired) electrons. The summed E-state index contributed by atoms with van der Waals surface area (Å²) in [5, 5.41) is 11.5. The molecule has 1 saturated carbocycles. The summed E-state index contributed by atoms with van der Waals surface area (Å²) in [4.78, 5) is 22.0. The van der Waals surface area contributed by atoms with Crippen LogP contribution in [0.15, 0.2) is 0 Å². The Morgan fingerprint density at radius 3 is 2.43 bits per heavy atom. The summed E-state index contributed by atoms with van der Waals surface area (Å²) in [6, 6.07) is 0. The lowest BCUT2D eigenvalue weighted by molar-refractivity contribution is -0.139. The lowest BCUT2D eigenvalue weighted by Crippen LogP contribution is -2.47. The number of carbonyl (C=O) groups is 2. The molecular formula is C10H17NO3. The van der Waals surface area contributed by atoms with Gasteiger partial charge in [0, 0.05) is 11.5 Å². The summed E-state index contributed by atoms with van der Waals surface area (Å²) in [6.45, 7) is 3.66. The Bertz CT molecular complexity index is 248. The quantitative estimate of drug-likeness (QED) is 0.698. The molecule has 0 spiro atoms. The number of aliphatic carboxylic acids is 1. The van der Waals surface area contributed by atoms with Gasteiger partial charge >= 0.3 is 5.97 Å². The second kappa shape index (κ2) is 3.98. The summed E-state index contributed by atoms with van der Waals surface area (Å²) >= 11 is 0. The van der Waals surface area contributed by atoms with Gasteiger partial charge in [-0.1, -0.05) is 6.92 Å². The molecule has 4 heteroatoms. The Morgan fingerprint density at radius 2 is 2.07 bits per heavy atom. The SMILES string of the molecule is CCC(C)(CC(=O)O)NC(=O)C1CC1. The van der Waals surface area contributed by atoms with E-state index in [-0.39, 0.29) is 18.2 Å². The van der Waals surface area contributed by atoms with E-state index < -0.39 is 11.5 Å². The number of hydrogen-bond donors (Lipinski definition) is 2. The van der Waals surface area contributed by atoms with Gasteiger partial charge in [0.05, 0.1) is 6.42 Å². The van der Waals surface area contributed by atoms with Gasteiger partial charge in [0.1, 0.15) is 0 Å². The van der Waals surface area contributed by atoms with Gasteiger partial charge in [-0.15, -0.1) is 0 Å². The van der Waals surface area contributed by atoms with Gasteiger partial charge in [-0.3, -0.25) is 9.59 Å². The Hall–Kier alpha value is -1.06. The molecule has 0 saturated heterocycles. The number of amides is 1. The topological polar surface area (TPSA) is 66.4 Å². The van der Waals surface area contributed by atoms with Crippen molar-refractivity contribution in [3.8, 4) is 0 Å². The minimum atomic E-state index is -0.870. The molecule has 1 unspecified atom stereocenters. The van der Waals surface area contributed by atoms with Crippen LogP contribution in [0.1, 0.15) is 39.5 Å². The number of rotatable bonds is 5. The fraction of sp³-hybridized carbons (Fsp3) is 0.800. The van der Waals surface area contributed by atoms with E-state index >= 15 is 0 Å². The third kappa shape index (κ3) is 3.01. The molecule has 0 bridgehead atoms. The van der Waals surface area contributed by atoms with Crippen LogP contribution in [0.2, 0.25) is 0 Å². The molecule has 1 aliphatic carbocycles. The van der Waals surface area contributed by atoms with Crippen molar-refractivity contribution in [3.63, 3.8) is 0 Å². The highest BCUT2D eigenvalue weighted by atomic mass is 16.4. The lowest BCUT2D eigenvalue weighted by Gasteiger charge is -2.27. The summed E-state index contributed by atoms with van der Waals surface area (Å²) in [5.41, 5.74) is -0.592. The van der Waals surface area contributed by atoms with Crippen molar-refractivity contribution in [3.05, 3.63) is 0 Å². The number of carboxylic acid groups (broad SMARTS) is 1. The average Bonchev–Trinajstić information content (AvgIpc) is 2.84. The molecule has 4 nitrogen and oxygen atoms in total. The van der Waals surface area contributed by atoms with Crippen LogP contribution in [0, 0.1) is 5.92 Å². The Morgan fingerprint density at radius 1 is 1.50 bits per heavy atom. The van der Waals surface area contributed by atoms with Crippen molar-refractivity contribution < 1.29 is 14.7 Å². The smallest absolute Gasteiger partial charge is 0.305 e. The Labute approximate surface area is 83.7 Å². The van der Waals surface area contributed by atoms with Crippen LogP contribution in [-0.4, -0.2) is 22.5 Å². The van der Waals surface area contributed by atoms with Gasteiger partial charge in [-0.2, -0.15) is 0 Å². The Kier molecular flexibility index (Phi) is 3.13. The molecule has 1 fully saturated rings. The highest BCUT2D eigenvalue weighted by Crippen LogP contribution is 2.30. The van der Waals surface area contributed by atoms with Crippen molar-refractivity contribution in [2.75, 3.05) is 0 Å². The maximum absolute atomic E-state index is 11.5. The predicted molar refractivity (Wildman–Crippen MR) is 51.8 cm³/mol. The predicted octanol–water partition coefficient (Wildman–Crippen LogP) is 1.16. The van der Waals surface area contributed by atoms with Crippen molar-refractivity contribution in [1.82, 2.24) is 5.32 Å². The van der Waals surface area contributed by atoms with Crippen molar-refractivity contribution in [2.24, 2.45) is 5.92 Å². The summed E-state index contributed by atoms with van der Waals surface area (Å²) in [6.07, 6.45) is 2.51. The van der Waals surface area contributed by atoms with Crippen LogP contribution in [0.4, 0.5) is 0 Å². The van der Waals surface area contributed by atoms with Crippen molar-refractivity contribution in [1.29, 1.82) is 0 Å². The first-order chi connectivity index (χ1) is 6.47. The first kappa shape index (κ1) is 11.0. The average molecular weight is 199 g/mol. The molecule has 0 heterocycles. The van der Waals surface area contributed by atoms with Crippen LogP contribution >= 0.6 is 0 Å². The highest BCUT2D eigenvalue weighted by Gasteiger charge is 2.35. The van der Waals surface area contributed by atoms with Gasteiger partial charge in [0.15, 0.2) is 0 Å². The third-order valence-corrected chi connectivity index (χ3v) is 2.69. The second-order valence-corrected chi connectivity index (χ2v) is 4.25. The first-order valence-electron chi connectivity index (χ1n) is 5.00. The molecule has 1 rings (SSSR count). The van der Waals surface area contributed by atoms with Crippen molar-refractivity contribution >= 4 is 11.9 Å². The number of nitrogens with one attached hydrogen (secondary N) is 1. The molecule has 1 amide bonds. The van der Waals surface area contributed by atoms with Crippen LogP contribution in [0.3, 0.4) is 0 Å².